The lowest BCUT2D eigenvalue weighted by molar-refractivity contribution is 0.428. The molecule has 0 spiro atoms. The van der Waals surface area contributed by atoms with Gasteiger partial charge < -0.3 is 15.5 Å². The molecule has 4 rings (SSSR count). The lowest BCUT2D eigenvalue weighted by Gasteiger charge is -2.37. The third-order valence-corrected chi connectivity index (χ3v) is 5.34. The van der Waals surface area contributed by atoms with Gasteiger partial charge in [-0.3, -0.25) is 0 Å². The molecule has 1 fully saturated rings. The van der Waals surface area contributed by atoms with Crippen LogP contribution < -0.4 is 15.5 Å². The molecule has 1 unspecified atom stereocenters. The van der Waals surface area contributed by atoms with Gasteiger partial charge in [-0.2, -0.15) is 5.26 Å². The quantitative estimate of drug-likeness (QED) is 0.900. The molecule has 2 aromatic carbocycles. The first-order valence-electron chi connectivity index (χ1n) is 9.14. The Labute approximate surface area is 149 Å². The van der Waals surface area contributed by atoms with E-state index in [2.05, 4.69) is 70.1 Å². The summed E-state index contributed by atoms with van der Waals surface area (Å²) >= 11 is 0. The lowest BCUT2D eigenvalue weighted by atomic mass is 9.99. The Kier molecular flexibility index (Phi) is 4.58. The normalized spacial score (nSPS) is 19.7. The zero-order chi connectivity index (χ0) is 17.1. The molecular weight excluding hydrogens is 308 g/mol. The van der Waals surface area contributed by atoms with Crippen LogP contribution in [0.5, 0.6) is 0 Å². The monoisotopic (exact) mass is 332 g/mol. The van der Waals surface area contributed by atoms with Crippen LogP contribution in [0.2, 0.25) is 0 Å². The first kappa shape index (κ1) is 16.0. The second kappa shape index (κ2) is 7.16. The standard InChI is InChI=1S/C21H24N4/c22-13-17-14-24-21-7-6-19(12-20(17)21)25(18-8-10-23-11-9-18)15-16-4-2-1-3-5-16/h1-7,12,17-18,23-24H,8-11,14-15H2. The highest BCUT2D eigenvalue weighted by Crippen LogP contribution is 2.35. The molecule has 0 saturated carbocycles. The van der Waals surface area contributed by atoms with Gasteiger partial charge in [-0.15, -0.1) is 0 Å². The van der Waals surface area contributed by atoms with Gasteiger partial charge in [-0.05, 0) is 55.3 Å². The number of benzene rings is 2. The lowest BCUT2D eigenvalue weighted by Crippen LogP contribution is -2.43. The van der Waals surface area contributed by atoms with Gasteiger partial charge in [-0.25, -0.2) is 0 Å². The molecule has 0 amide bonds. The van der Waals surface area contributed by atoms with E-state index in [9.17, 15) is 5.26 Å². The van der Waals surface area contributed by atoms with Gasteiger partial charge in [0.1, 0.15) is 0 Å². The van der Waals surface area contributed by atoms with Crippen LogP contribution in [-0.2, 0) is 6.54 Å². The van der Waals surface area contributed by atoms with Crippen molar-refractivity contribution >= 4 is 11.4 Å². The molecule has 0 aromatic heterocycles. The van der Waals surface area contributed by atoms with E-state index in [-0.39, 0.29) is 5.92 Å². The minimum Gasteiger partial charge on any atom is -0.383 e. The summed E-state index contributed by atoms with van der Waals surface area (Å²) < 4.78 is 0. The molecule has 2 N–H and O–H groups in total. The summed E-state index contributed by atoms with van der Waals surface area (Å²) in [6.07, 6.45) is 2.31. The maximum Gasteiger partial charge on any atom is 0.0905 e. The van der Waals surface area contributed by atoms with Crippen molar-refractivity contribution in [3.63, 3.8) is 0 Å². The van der Waals surface area contributed by atoms with Gasteiger partial charge in [0, 0.05) is 30.5 Å². The number of fused-ring (bicyclic) bond motifs is 1. The number of nitriles is 1. The largest absolute Gasteiger partial charge is 0.383 e. The number of piperidine rings is 1. The number of nitrogens with one attached hydrogen (secondary N) is 2. The maximum atomic E-state index is 9.41. The Hall–Kier alpha value is -2.51. The Bertz CT molecular complexity index is 759. The summed E-state index contributed by atoms with van der Waals surface area (Å²) in [5, 5.41) is 16.2. The van der Waals surface area contributed by atoms with Gasteiger partial charge in [0.25, 0.3) is 0 Å². The van der Waals surface area contributed by atoms with E-state index in [4.69, 9.17) is 0 Å². The zero-order valence-corrected chi connectivity index (χ0v) is 14.4. The van der Waals surface area contributed by atoms with Gasteiger partial charge in [0.15, 0.2) is 0 Å². The molecule has 25 heavy (non-hydrogen) atoms. The Morgan fingerprint density at radius 1 is 1.08 bits per heavy atom. The summed E-state index contributed by atoms with van der Waals surface area (Å²) in [5.74, 6) is -0.0402. The average molecular weight is 332 g/mol. The molecule has 2 heterocycles. The van der Waals surface area contributed by atoms with E-state index < -0.39 is 0 Å². The van der Waals surface area contributed by atoms with Crippen LogP contribution in [0.3, 0.4) is 0 Å². The summed E-state index contributed by atoms with van der Waals surface area (Å²) in [4.78, 5) is 2.53. The number of rotatable bonds is 4. The second-order valence-electron chi connectivity index (χ2n) is 6.93. The van der Waals surface area contributed by atoms with Crippen LogP contribution in [-0.4, -0.2) is 25.7 Å². The summed E-state index contributed by atoms with van der Waals surface area (Å²) in [6.45, 7) is 3.78. The van der Waals surface area contributed by atoms with Crippen LogP contribution in [0.15, 0.2) is 48.5 Å². The van der Waals surface area contributed by atoms with E-state index in [1.54, 1.807) is 0 Å². The average Bonchev–Trinajstić information content (AvgIpc) is 3.10. The molecule has 1 atom stereocenters. The third kappa shape index (κ3) is 3.33. The fourth-order valence-electron chi connectivity index (χ4n) is 3.94. The van der Waals surface area contributed by atoms with Gasteiger partial charge in [0.2, 0.25) is 0 Å². The maximum absolute atomic E-state index is 9.41. The van der Waals surface area contributed by atoms with E-state index in [0.717, 1.165) is 50.3 Å². The van der Waals surface area contributed by atoms with Gasteiger partial charge in [0.05, 0.1) is 12.0 Å². The minimum atomic E-state index is -0.0402. The number of nitrogens with zero attached hydrogens (tertiary/aromatic N) is 2. The predicted molar refractivity (Wildman–Crippen MR) is 102 cm³/mol. The number of anilines is 2. The molecule has 4 nitrogen and oxygen atoms in total. The van der Waals surface area contributed by atoms with Crippen LogP contribution in [0.1, 0.15) is 29.9 Å². The van der Waals surface area contributed by atoms with Gasteiger partial charge in [-0.1, -0.05) is 30.3 Å². The smallest absolute Gasteiger partial charge is 0.0905 e. The van der Waals surface area contributed by atoms with Crippen LogP contribution in [0, 0.1) is 11.3 Å². The molecule has 4 heteroatoms. The van der Waals surface area contributed by atoms with E-state index >= 15 is 0 Å². The van der Waals surface area contributed by atoms with Crippen LogP contribution >= 0.6 is 0 Å². The second-order valence-corrected chi connectivity index (χ2v) is 6.93. The number of hydrogen-bond donors (Lipinski definition) is 2. The van der Waals surface area contributed by atoms with E-state index in [1.165, 1.54) is 11.3 Å². The Balaban J connectivity index is 1.67. The Morgan fingerprint density at radius 3 is 2.64 bits per heavy atom. The summed E-state index contributed by atoms with van der Waals surface area (Å²) in [6, 6.07) is 20.2. The first-order valence-corrected chi connectivity index (χ1v) is 9.14. The van der Waals surface area contributed by atoms with Crippen molar-refractivity contribution in [2.45, 2.75) is 31.3 Å². The first-order chi connectivity index (χ1) is 12.3. The summed E-state index contributed by atoms with van der Waals surface area (Å²) in [5.41, 5.74) is 4.82. The van der Waals surface area contributed by atoms with E-state index in [1.807, 2.05) is 0 Å². The SMILES string of the molecule is N#CC1CNc2ccc(N(Cc3ccccc3)C3CCNCC3)cc21. The molecule has 0 bridgehead atoms. The molecule has 0 radical (unpaired) electrons. The fraction of sp³-hybridized carbons (Fsp3) is 0.381. The molecule has 2 aromatic rings. The fourth-order valence-corrected chi connectivity index (χ4v) is 3.94. The highest BCUT2D eigenvalue weighted by molar-refractivity contribution is 5.66. The molecule has 1 saturated heterocycles. The van der Waals surface area contributed by atoms with Crippen LogP contribution in [0.25, 0.3) is 0 Å². The molecule has 2 aliphatic heterocycles. The van der Waals surface area contributed by atoms with Crippen molar-refractivity contribution in [3.05, 3.63) is 59.7 Å². The third-order valence-electron chi connectivity index (χ3n) is 5.34. The molecule has 2 aliphatic rings. The highest BCUT2D eigenvalue weighted by Gasteiger charge is 2.26. The summed E-state index contributed by atoms with van der Waals surface area (Å²) in [7, 11) is 0. The molecule has 0 aliphatic carbocycles. The molecule has 128 valence electrons. The van der Waals surface area contributed by atoms with Crippen molar-refractivity contribution < 1.29 is 0 Å². The van der Waals surface area contributed by atoms with Gasteiger partial charge >= 0.3 is 0 Å². The number of hydrogen-bond acceptors (Lipinski definition) is 4. The predicted octanol–water partition coefficient (Wildman–Crippen LogP) is 3.48. The van der Waals surface area contributed by atoms with Crippen molar-refractivity contribution in [1.29, 1.82) is 5.26 Å². The topological polar surface area (TPSA) is 51.1 Å². The van der Waals surface area contributed by atoms with Crippen LogP contribution in [0.4, 0.5) is 11.4 Å². The van der Waals surface area contributed by atoms with Crippen molar-refractivity contribution in [2.24, 2.45) is 0 Å². The van der Waals surface area contributed by atoms with Crippen molar-refractivity contribution in [3.8, 4) is 6.07 Å². The zero-order valence-electron chi connectivity index (χ0n) is 14.4. The Morgan fingerprint density at radius 2 is 1.88 bits per heavy atom. The van der Waals surface area contributed by atoms with Crippen molar-refractivity contribution in [2.75, 3.05) is 29.9 Å². The highest BCUT2D eigenvalue weighted by atomic mass is 15.2. The van der Waals surface area contributed by atoms with E-state index in [0.29, 0.717) is 6.04 Å². The molecular formula is C21H24N4. The minimum absolute atomic E-state index is 0.0402. The van der Waals surface area contributed by atoms with Crippen molar-refractivity contribution in [1.82, 2.24) is 5.32 Å².